The molecule has 0 bridgehead atoms. The number of carbonyl (C=O) groups is 2. The monoisotopic (exact) mass is 275 g/mol. The Labute approximate surface area is 119 Å². The molecule has 0 aromatic rings. The fraction of sp³-hybridized carbons (Fsp3) is 0.600. The van der Waals surface area contributed by atoms with Crippen LogP contribution in [0.1, 0.15) is 26.7 Å². The minimum Gasteiger partial charge on any atom is -0.338 e. The number of likely N-dealkylation sites (tertiary alicyclic amines) is 1. The van der Waals surface area contributed by atoms with Crippen LogP contribution in [0.3, 0.4) is 0 Å². The molecule has 0 aromatic heterocycles. The molecule has 0 spiro atoms. The summed E-state index contributed by atoms with van der Waals surface area (Å²) < 4.78 is 0. The van der Waals surface area contributed by atoms with Gasteiger partial charge in [-0.15, -0.1) is 0 Å². The van der Waals surface area contributed by atoms with Crippen LogP contribution in [0.2, 0.25) is 0 Å². The van der Waals surface area contributed by atoms with Gasteiger partial charge in [-0.2, -0.15) is 0 Å². The van der Waals surface area contributed by atoms with E-state index in [0.29, 0.717) is 23.1 Å². The molecule has 1 fully saturated rings. The Balaban J connectivity index is 1.77. The first-order valence-electron chi connectivity index (χ1n) is 7.29. The van der Waals surface area contributed by atoms with Crippen molar-refractivity contribution in [2.75, 3.05) is 13.1 Å². The van der Waals surface area contributed by atoms with Gasteiger partial charge in [0, 0.05) is 18.8 Å². The third-order valence-corrected chi connectivity index (χ3v) is 4.62. The minimum absolute atomic E-state index is 0.0666. The maximum atomic E-state index is 12.7. The van der Waals surface area contributed by atoms with Gasteiger partial charge in [-0.3, -0.25) is 4.79 Å². The zero-order valence-corrected chi connectivity index (χ0v) is 12.0. The molecule has 2 aliphatic heterocycles. The van der Waals surface area contributed by atoms with Crippen LogP contribution in [0.4, 0.5) is 4.79 Å². The standard InChI is InChI=1S/C15H21N3O2/c1-9-13(10(2)17-15(20)16-9)14(19)18-7-11-5-3-4-6-12(11)8-18/h3-4,9,11-12H,5-8H2,1-2H3,(H2,16,17,20)/t9?,11-,12+. The summed E-state index contributed by atoms with van der Waals surface area (Å²) in [4.78, 5) is 26.1. The predicted molar refractivity (Wildman–Crippen MR) is 75.8 cm³/mol. The quantitative estimate of drug-likeness (QED) is 0.710. The summed E-state index contributed by atoms with van der Waals surface area (Å²) in [6.45, 7) is 5.34. The second-order valence-electron chi connectivity index (χ2n) is 6.03. The number of urea groups is 1. The van der Waals surface area contributed by atoms with Crippen LogP contribution in [0.5, 0.6) is 0 Å². The van der Waals surface area contributed by atoms with E-state index in [9.17, 15) is 9.59 Å². The highest BCUT2D eigenvalue weighted by molar-refractivity contribution is 5.98. The highest BCUT2D eigenvalue weighted by Crippen LogP contribution is 2.33. The van der Waals surface area contributed by atoms with Crippen molar-refractivity contribution in [3.63, 3.8) is 0 Å². The van der Waals surface area contributed by atoms with Gasteiger partial charge in [-0.1, -0.05) is 12.2 Å². The molecule has 20 heavy (non-hydrogen) atoms. The number of nitrogens with zero attached hydrogens (tertiary/aromatic N) is 1. The summed E-state index contributed by atoms with van der Waals surface area (Å²) in [5.41, 5.74) is 1.37. The maximum absolute atomic E-state index is 12.7. The van der Waals surface area contributed by atoms with Gasteiger partial charge in [0.1, 0.15) is 0 Å². The molecule has 2 N–H and O–H groups in total. The summed E-state index contributed by atoms with van der Waals surface area (Å²) in [7, 11) is 0. The fourth-order valence-electron chi connectivity index (χ4n) is 3.56. The maximum Gasteiger partial charge on any atom is 0.319 e. The van der Waals surface area contributed by atoms with Gasteiger partial charge < -0.3 is 15.5 Å². The van der Waals surface area contributed by atoms with Crippen molar-refractivity contribution in [2.45, 2.75) is 32.7 Å². The van der Waals surface area contributed by atoms with Crippen molar-refractivity contribution in [3.05, 3.63) is 23.4 Å². The molecular weight excluding hydrogens is 254 g/mol. The fourth-order valence-corrected chi connectivity index (χ4v) is 3.56. The van der Waals surface area contributed by atoms with E-state index in [-0.39, 0.29) is 18.0 Å². The van der Waals surface area contributed by atoms with Crippen LogP contribution in [-0.4, -0.2) is 36.0 Å². The third kappa shape index (κ3) is 2.21. The van der Waals surface area contributed by atoms with E-state index < -0.39 is 0 Å². The van der Waals surface area contributed by atoms with Gasteiger partial charge in [0.25, 0.3) is 5.91 Å². The first-order valence-corrected chi connectivity index (χ1v) is 7.29. The third-order valence-electron chi connectivity index (χ3n) is 4.62. The predicted octanol–water partition coefficient (Wildman–Crippen LogP) is 1.39. The normalized spacial score (nSPS) is 32.8. The van der Waals surface area contributed by atoms with Gasteiger partial charge in [0.15, 0.2) is 0 Å². The van der Waals surface area contributed by atoms with Crippen LogP contribution in [-0.2, 0) is 4.79 Å². The lowest BCUT2D eigenvalue weighted by molar-refractivity contribution is -0.126. The van der Waals surface area contributed by atoms with Gasteiger partial charge in [0.2, 0.25) is 0 Å². The van der Waals surface area contributed by atoms with Crippen molar-refractivity contribution >= 4 is 11.9 Å². The first-order chi connectivity index (χ1) is 9.56. The summed E-state index contributed by atoms with van der Waals surface area (Å²) in [5.74, 6) is 1.27. The zero-order chi connectivity index (χ0) is 14.3. The topological polar surface area (TPSA) is 61.4 Å². The molecule has 0 saturated carbocycles. The molecule has 3 aliphatic rings. The van der Waals surface area contributed by atoms with Crippen molar-refractivity contribution in [1.29, 1.82) is 0 Å². The van der Waals surface area contributed by atoms with Crippen LogP contribution >= 0.6 is 0 Å². The van der Waals surface area contributed by atoms with Gasteiger partial charge in [-0.05, 0) is 38.5 Å². The van der Waals surface area contributed by atoms with E-state index >= 15 is 0 Å². The average molecular weight is 275 g/mol. The Morgan fingerprint density at radius 2 is 1.85 bits per heavy atom. The second-order valence-corrected chi connectivity index (χ2v) is 6.03. The number of fused-ring (bicyclic) bond motifs is 1. The number of hydrogen-bond donors (Lipinski definition) is 2. The minimum atomic E-state index is -0.231. The Morgan fingerprint density at radius 1 is 1.25 bits per heavy atom. The van der Waals surface area contributed by atoms with Crippen molar-refractivity contribution < 1.29 is 9.59 Å². The second kappa shape index (κ2) is 4.96. The molecular formula is C15H21N3O2. The van der Waals surface area contributed by atoms with E-state index in [1.54, 1.807) is 6.92 Å². The molecule has 1 aliphatic carbocycles. The molecule has 2 heterocycles. The lowest BCUT2D eigenvalue weighted by Gasteiger charge is -2.28. The SMILES string of the molecule is CC1=C(C(=O)N2C[C@H]3CC=CC[C@H]3C2)C(C)NC(=O)N1. The van der Waals surface area contributed by atoms with E-state index in [1.165, 1.54) is 0 Å². The van der Waals surface area contributed by atoms with Crippen LogP contribution < -0.4 is 10.6 Å². The molecule has 1 unspecified atom stereocenters. The molecule has 3 rings (SSSR count). The Kier molecular flexibility index (Phi) is 3.28. The molecule has 0 radical (unpaired) electrons. The highest BCUT2D eigenvalue weighted by Gasteiger charge is 2.38. The van der Waals surface area contributed by atoms with E-state index in [4.69, 9.17) is 0 Å². The molecule has 0 aromatic carbocycles. The number of allylic oxidation sites excluding steroid dienone is 3. The first kappa shape index (κ1) is 13.2. The van der Waals surface area contributed by atoms with Gasteiger partial charge in [0.05, 0.1) is 11.6 Å². The van der Waals surface area contributed by atoms with Crippen LogP contribution in [0.15, 0.2) is 23.4 Å². The van der Waals surface area contributed by atoms with E-state index in [1.807, 2.05) is 11.8 Å². The highest BCUT2D eigenvalue weighted by atomic mass is 16.2. The molecule has 3 amide bonds. The van der Waals surface area contributed by atoms with Crippen LogP contribution in [0.25, 0.3) is 0 Å². The molecule has 1 saturated heterocycles. The summed E-state index contributed by atoms with van der Waals surface area (Å²) in [5, 5.41) is 5.46. The number of nitrogens with one attached hydrogen (secondary N) is 2. The lowest BCUT2D eigenvalue weighted by atomic mass is 9.86. The summed E-state index contributed by atoms with van der Waals surface area (Å²) in [6, 6.07) is -0.456. The van der Waals surface area contributed by atoms with Gasteiger partial charge >= 0.3 is 6.03 Å². The Morgan fingerprint density at radius 3 is 2.40 bits per heavy atom. The summed E-state index contributed by atoms with van der Waals surface area (Å²) in [6.07, 6.45) is 6.61. The van der Waals surface area contributed by atoms with Crippen molar-refractivity contribution in [1.82, 2.24) is 15.5 Å². The van der Waals surface area contributed by atoms with Crippen molar-refractivity contribution in [2.24, 2.45) is 11.8 Å². The molecule has 5 nitrogen and oxygen atoms in total. The van der Waals surface area contributed by atoms with Crippen molar-refractivity contribution in [3.8, 4) is 0 Å². The molecule has 108 valence electrons. The number of carbonyl (C=O) groups excluding carboxylic acids is 2. The van der Waals surface area contributed by atoms with E-state index in [0.717, 1.165) is 25.9 Å². The molecule has 5 heteroatoms. The Hall–Kier alpha value is -1.78. The Bertz CT molecular complexity index is 493. The largest absolute Gasteiger partial charge is 0.338 e. The lowest BCUT2D eigenvalue weighted by Crippen LogP contribution is -2.50. The van der Waals surface area contributed by atoms with E-state index in [2.05, 4.69) is 22.8 Å². The number of hydrogen-bond acceptors (Lipinski definition) is 2. The number of rotatable bonds is 1. The average Bonchev–Trinajstić information content (AvgIpc) is 2.81. The zero-order valence-electron chi connectivity index (χ0n) is 12.0. The van der Waals surface area contributed by atoms with Gasteiger partial charge in [-0.25, -0.2) is 4.79 Å². The number of amides is 3. The molecule has 3 atom stereocenters. The van der Waals surface area contributed by atoms with Crippen LogP contribution in [0, 0.1) is 11.8 Å². The smallest absolute Gasteiger partial charge is 0.319 e. The summed E-state index contributed by atoms with van der Waals surface area (Å²) >= 11 is 0.